The van der Waals surface area contributed by atoms with Crippen molar-refractivity contribution < 1.29 is 9.53 Å². The van der Waals surface area contributed by atoms with Crippen LogP contribution in [-0.2, 0) is 11.2 Å². The van der Waals surface area contributed by atoms with Crippen molar-refractivity contribution >= 4 is 17.3 Å². The van der Waals surface area contributed by atoms with Gasteiger partial charge in [0.1, 0.15) is 4.88 Å². The number of aryl methyl sites for hydroxylation is 1. The van der Waals surface area contributed by atoms with Gasteiger partial charge in [-0.15, -0.1) is 11.3 Å². The predicted octanol–water partition coefficient (Wildman–Crippen LogP) is 6.52. The first-order valence-electron chi connectivity index (χ1n) is 11.8. The van der Waals surface area contributed by atoms with E-state index in [1.807, 2.05) is 6.92 Å². The van der Waals surface area contributed by atoms with Gasteiger partial charge in [0.25, 0.3) is 0 Å². The van der Waals surface area contributed by atoms with Crippen LogP contribution in [0.3, 0.4) is 0 Å². The van der Waals surface area contributed by atoms with Gasteiger partial charge in [-0.2, -0.15) is 0 Å². The lowest BCUT2D eigenvalue weighted by Gasteiger charge is -2.57. The van der Waals surface area contributed by atoms with Gasteiger partial charge < -0.3 is 4.74 Å². The first-order valence-corrected chi connectivity index (χ1v) is 12.6. The fraction of sp³-hybridized carbons (Fsp3) is 0.833. The fourth-order valence-corrected chi connectivity index (χ4v) is 8.57. The second-order valence-corrected chi connectivity index (χ2v) is 11.3. The third-order valence-corrected chi connectivity index (χ3v) is 9.43. The molecule has 0 N–H and O–H groups in total. The van der Waals surface area contributed by atoms with Crippen molar-refractivity contribution in [1.29, 1.82) is 0 Å². The van der Waals surface area contributed by atoms with Gasteiger partial charge in [0.05, 0.1) is 17.3 Å². The minimum absolute atomic E-state index is 0.137. The molecule has 0 aromatic carbocycles. The molecule has 0 radical (unpaired) electrons. The molecule has 0 spiro atoms. The summed E-state index contributed by atoms with van der Waals surface area (Å²) < 4.78 is 5.40. The number of carbonyl (C=O) groups is 1. The lowest BCUT2D eigenvalue weighted by molar-refractivity contribution is -0.0571. The summed E-state index contributed by atoms with van der Waals surface area (Å²) in [5.74, 6) is 3.40. The molecule has 28 heavy (non-hydrogen) atoms. The SMILES string of the molecule is CCOC(=O)c1sc(C2CCCCC2)nc1CCC12CC3CC(CC(C3)C1)C2. The molecule has 1 aromatic heterocycles. The van der Waals surface area contributed by atoms with E-state index in [4.69, 9.17) is 9.72 Å². The predicted molar refractivity (Wildman–Crippen MR) is 113 cm³/mol. The van der Waals surface area contributed by atoms with Crippen molar-refractivity contribution in [1.82, 2.24) is 4.98 Å². The third kappa shape index (κ3) is 3.66. The zero-order valence-electron chi connectivity index (χ0n) is 17.4. The number of hydrogen-bond donors (Lipinski definition) is 0. The van der Waals surface area contributed by atoms with Crippen LogP contribution >= 0.6 is 11.3 Å². The van der Waals surface area contributed by atoms with E-state index in [0.29, 0.717) is 17.9 Å². The highest BCUT2D eigenvalue weighted by molar-refractivity contribution is 7.13. The summed E-state index contributed by atoms with van der Waals surface area (Å²) >= 11 is 1.65. The lowest BCUT2D eigenvalue weighted by atomic mass is 9.48. The van der Waals surface area contributed by atoms with Crippen molar-refractivity contribution in [2.75, 3.05) is 6.61 Å². The molecule has 3 nitrogen and oxygen atoms in total. The fourth-order valence-electron chi connectivity index (χ4n) is 7.40. The Morgan fingerprint density at radius 3 is 2.32 bits per heavy atom. The number of nitrogens with zero attached hydrogens (tertiary/aromatic N) is 1. The second-order valence-electron chi connectivity index (χ2n) is 10.3. The molecule has 1 aromatic rings. The average Bonchev–Trinajstić information content (AvgIpc) is 3.11. The smallest absolute Gasteiger partial charge is 0.350 e. The van der Waals surface area contributed by atoms with Crippen LogP contribution in [0.25, 0.3) is 0 Å². The van der Waals surface area contributed by atoms with Gasteiger partial charge in [-0.05, 0) is 94.3 Å². The quantitative estimate of drug-likeness (QED) is 0.510. The molecule has 5 saturated carbocycles. The van der Waals surface area contributed by atoms with Gasteiger partial charge in [-0.3, -0.25) is 0 Å². The standard InChI is InChI=1S/C24H35NO2S/c1-2-27-23(26)21-20(25-22(28-21)19-6-4-3-5-7-19)8-9-24-13-16-10-17(14-24)12-18(11-16)15-24/h16-19H,2-15H2,1H3. The molecule has 4 bridgehead atoms. The third-order valence-electron chi connectivity index (χ3n) is 8.19. The highest BCUT2D eigenvalue weighted by Crippen LogP contribution is 2.61. The molecule has 1 heterocycles. The van der Waals surface area contributed by atoms with Crippen molar-refractivity contribution in [2.45, 2.75) is 96.3 Å². The average molecular weight is 402 g/mol. The summed E-state index contributed by atoms with van der Waals surface area (Å²) in [5.41, 5.74) is 1.61. The number of ether oxygens (including phenoxy) is 1. The van der Waals surface area contributed by atoms with Gasteiger partial charge in [0.2, 0.25) is 0 Å². The Labute approximate surface area is 173 Å². The van der Waals surface area contributed by atoms with Crippen molar-refractivity contribution in [3.63, 3.8) is 0 Å². The first kappa shape index (κ1) is 19.1. The number of thiazole rings is 1. The van der Waals surface area contributed by atoms with E-state index >= 15 is 0 Å². The van der Waals surface area contributed by atoms with Crippen molar-refractivity contribution in [2.24, 2.45) is 23.2 Å². The summed E-state index contributed by atoms with van der Waals surface area (Å²) in [6.45, 7) is 2.35. The second kappa shape index (κ2) is 7.74. The maximum atomic E-state index is 12.6. The number of aromatic nitrogens is 1. The summed E-state index contributed by atoms with van der Waals surface area (Å²) in [6.07, 6.45) is 17.5. The largest absolute Gasteiger partial charge is 0.462 e. The lowest BCUT2D eigenvalue weighted by Crippen LogP contribution is -2.46. The molecule has 5 aliphatic rings. The van der Waals surface area contributed by atoms with Crippen LogP contribution in [0.15, 0.2) is 0 Å². The summed E-state index contributed by atoms with van der Waals surface area (Å²) in [4.78, 5) is 18.5. The highest BCUT2D eigenvalue weighted by atomic mass is 32.1. The number of esters is 1. The molecule has 154 valence electrons. The molecular formula is C24H35NO2S. The summed E-state index contributed by atoms with van der Waals surface area (Å²) in [6, 6.07) is 0. The molecule has 0 amide bonds. The molecule has 6 rings (SSSR count). The van der Waals surface area contributed by atoms with Gasteiger partial charge in [-0.1, -0.05) is 19.3 Å². The normalized spacial score (nSPS) is 34.7. The number of hydrogen-bond acceptors (Lipinski definition) is 4. The minimum Gasteiger partial charge on any atom is -0.462 e. The van der Waals surface area contributed by atoms with Crippen LogP contribution in [0.2, 0.25) is 0 Å². The van der Waals surface area contributed by atoms with Gasteiger partial charge in [0, 0.05) is 5.92 Å². The highest BCUT2D eigenvalue weighted by Gasteiger charge is 2.50. The number of rotatable bonds is 6. The maximum absolute atomic E-state index is 12.6. The Morgan fingerprint density at radius 1 is 1.07 bits per heavy atom. The zero-order chi connectivity index (χ0) is 19.1. The van der Waals surface area contributed by atoms with E-state index in [2.05, 4.69) is 0 Å². The first-order chi connectivity index (χ1) is 13.6. The van der Waals surface area contributed by atoms with E-state index in [-0.39, 0.29) is 5.97 Å². The Kier molecular flexibility index (Phi) is 5.27. The summed E-state index contributed by atoms with van der Waals surface area (Å²) in [7, 11) is 0. The van der Waals surface area contributed by atoms with Crippen LogP contribution in [0, 0.1) is 23.2 Å². The molecule has 0 saturated heterocycles. The molecule has 4 heteroatoms. The molecular weight excluding hydrogens is 366 g/mol. The van der Waals surface area contributed by atoms with Gasteiger partial charge in [0.15, 0.2) is 0 Å². The van der Waals surface area contributed by atoms with Gasteiger partial charge in [-0.25, -0.2) is 9.78 Å². The Morgan fingerprint density at radius 2 is 1.71 bits per heavy atom. The maximum Gasteiger partial charge on any atom is 0.350 e. The van der Waals surface area contributed by atoms with Crippen LogP contribution in [0.5, 0.6) is 0 Å². The van der Waals surface area contributed by atoms with E-state index in [0.717, 1.165) is 34.7 Å². The van der Waals surface area contributed by atoms with Crippen LogP contribution in [0.1, 0.15) is 110 Å². The molecule has 0 aliphatic heterocycles. The Balaban J connectivity index is 1.34. The number of carbonyl (C=O) groups excluding carboxylic acids is 1. The van der Waals surface area contributed by atoms with Gasteiger partial charge >= 0.3 is 5.97 Å². The molecule has 0 atom stereocenters. The van der Waals surface area contributed by atoms with E-state index < -0.39 is 0 Å². The van der Waals surface area contributed by atoms with E-state index in [1.54, 1.807) is 11.3 Å². The Hall–Kier alpha value is -0.900. The van der Waals surface area contributed by atoms with Crippen LogP contribution in [0.4, 0.5) is 0 Å². The topological polar surface area (TPSA) is 39.2 Å². The zero-order valence-corrected chi connectivity index (χ0v) is 18.2. The minimum atomic E-state index is -0.137. The molecule has 5 aliphatic carbocycles. The molecule has 0 unspecified atom stereocenters. The van der Waals surface area contributed by atoms with Crippen molar-refractivity contribution in [3.05, 3.63) is 15.6 Å². The monoisotopic (exact) mass is 401 g/mol. The van der Waals surface area contributed by atoms with Crippen LogP contribution in [-0.4, -0.2) is 17.6 Å². The summed E-state index contributed by atoms with van der Waals surface area (Å²) in [5, 5.41) is 1.21. The Bertz CT molecular complexity index is 683. The van der Waals surface area contributed by atoms with E-state index in [9.17, 15) is 4.79 Å². The molecule has 5 fully saturated rings. The van der Waals surface area contributed by atoms with E-state index in [1.165, 1.54) is 82.1 Å². The van der Waals surface area contributed by atoms with Crippen molar-refractivity contribution in [3.8, 4) is 0 Å². The van der Waals surface area contributed by atoms with Crippen LogP contribution < -0.4 is 0 Å².